The molecule has 0 saturated carbocycles. The Labute approximate surface area is 196 Å². The van der Waals surface area contributed by atoms with Gasteiger partial charge in [-0.2, -0.15) is 0 Å². The highest BCUT2D eigenvalue weighted by Crippen LogP contribution is 2.35. The van der Waals surface area contributed by atoms with Crippen LogP contribution in [0.15, 0.2) is 48.7 Å². The fourth-order valence-corrected chi connectivity index (χ4v) is 3.60. The molecule has 9 heteroatoms. The molecule has 0 bridgehead atoms. The summed E-state index contributed by atoms with van der Waals surface area (Å²) in [5.41, 5.74) is 2.05. The number of aliphatic hydroxyl groups excluding tert-OH is 1. The summed E-state index contributed by atoms with van der Waals surface area (Å²) in [6.45, 7) is 7.19. The third kappa shape index (κ3) is 6.69. The number of aliphatic hydroxyl groups is 1. The number of benzene rings is 2. The van der Waals surface area contributed by atoms with Gasteiger partial charge in [0.05, 0.1) is 11.1 Å². The minimum Gasteiger partial charge on any atom is -0.484 e. The summed E-state index contributed by atoms with van der Waals surface area (Å²) >= 11 is 5.61. The smallest absolute Gasteiger partial charge is 0.265 e. The van der Waals surface area contributed by atoms with Gasteiger partial charge in [-0.05, 0) is 38.1 Å². The molecule has 1 aliphatic heterocycles. The summed E-state index contributed by atoms with van der Waals surface area (Å²) in [4.78, 5) is 24.7. The lowest BCUT2D eigenvalue weighted by molar-refractivity contribution is -0.129. The number of aryl methyl sites for hydroxylation is 1. The van der Waals surface area contributed by atoms with Gasteiger partial charge in [0, 0.05) is 36.2 Å². The maximum atomic E-state index is 13.4. The van der Waals surface area contributed by atoms with Crippen LogP contribution in [0, 0.1) is 12.7 Å². The number of carbonyl (C=O) groups excluding carboxylic acids is 2. The quantitative estimate of drug-likeness (QED) is 0.541. The van der Waals surface area contributed by atoms with Crippen molar-refractivity contribution in [1.29, 1.82) is 0 Å². The Morgan fingerprint density at radius 2 is 2.09 bits per heavy atom. The van der Waals surface area contributed by atoms with Crippen LogP contribution in [0.2, 0.25) is 5.02 Å². The van der Waals surface area contributed by atoms with Crippen LogP contribution in [0.1, 0.15) is 37.0 Å². The van der Waals surface area contributed by atoms with Crippen molar-refractivity contribution in [3.63, 3.8) is 0 Å². The molecule has 2 aromatic carbocycles. The lowest BCUT2D eigenvalue weighted by atomic mass is 9.97. The Morgan fingerprint density at radius 1 is 1.33 bits per heavy atom. The molecule has 0 radical (unpaired) electrons. The maximum Gasteiger partial charge on any atom is 0.265 e. The van der Waals surface area contributed by atoms with Gasteiger partial charge in [-0.25, -0.2) is 4.39 Å². The summed E-state index contributed by atoms with van der Waals surface area (Å²) < 4.78 is 24.4. The number of hydrogen-bond donors (Lipinski definition) is 3. The zero-order valence-electron chi connectivity index (χ0n) is 18.4. The van der Waals surface area contributed by atoms with Crippen molar-refractivity contribution in [3.8, 4) is 11.5 Å². The van der Waals surface area contributed by atoms with Gasteiger partial charge in [-0.1, -0.05) is 29.8 Å². The Bertz CT molecular complexity index is 1060. The number of ether oxygens (including phenoxy) is 2. The summed E-state index contributed by atoms with van der Waals surface area (Å²) in [5, 5.41) is 15.7. The van der Waals surface area contributed by atoms with E-state index in [0.717, 1.165) is 11.6 Å². The first-order chi connectivity index (χ1) is 15.6. The first kappa shape index (κ1) is 24.5. The fraction of sp³-hybridized carbons (Fsp3) is 0.333. The third-order valence-electron chi connectivity index (χ3n) is 5.04. The molecule has 0 aromatic heterocycles. The van der Waals surface area contributed by atoms with Gasteiger partial charge in [0.2, 0.25) is 0 Å². The van der Waals surface area contributed by atoms with E-state index in [-0.39, 0.29) is 36.3 Å². The van der Waals surface area contributed by atoms with E-state index in [9.17, 15) is 19.1 Å². The molecule has 1 aliphatic rings. The average molecular weight is 477 g/mol. The molecule has 176 valence electrons. The molecule has 3 unspecified atom stereocenters. The van der Waals surface area contributed by atoms with E-state index in [1.807, 2.05) is 19.1 Å². The van der Waals surface area contributed by atoms with Crippen molar-refractivity contribution in [2.24, 2.45) is 0 Å². The van der Waals surface area contributed by atoms with Crippen LogP contribution in [0.4, 0.5) is 4.39 Å². The summed E-state index contributed by atoms with van der Waals surface area (Å²) in [6.07, 6.45) is -1.25. The standard InChI is InChI=1S/C24H26ClFN2O5/c1-13-4-7-21-17(8-13)20(29)11-22(33-21)24(31)28-15(3)9-14(2)27-23(30)12-32-16-5-6-18(25)19(26)10-16/h4-8,10,14,20,22,29H,3,9,11-12H2,1-2H3,(H,27,30)(H,28,31). The van der Waals surface area contributed by atoms with Crippen LogP contribution in [-0.4, -0.2) is 35.7 Å². The fourth-order valence-electron chi connectivity index (χ4n) is 3.49. The van der Waals surface area contributed by atoms with Crippen LogP contribution in [0.3, 0.4) is 0 Å². The van der Waals surface area contributed by atoms with Crippen LogP contribution in [0.5, 0.6) is 11.5 Å². The predicted octanol–water partition coefficient (Wildman–Crippen LogP) is 3.58. The number of rotatable bonds is 8. The van der Waals surface area contributed by atoms with Crippen molar-refractivity contribution in [1.82, 2.24) is 10.6 Å². The van der Waals surface area contributed by atoms with E-state index in [4.69, 9.17) is 21.1 Å². The van der Waals surface area contributed by atoms with Crippen LogP contribution >= 0.6 is 11.6 Å². The highest BCUT2D eigenvalue weighted by Gasteiger charge is 2.32. The molecule has 0 spiro atoms. The van der Waals surface area contributed by atoms with Crippen molar-refractivity contribution < 1.29 is 28.6 Å². The molecule has 2 amide bonds. The van der Waals surface area contributed by atoms with Crippen molar-refractivity contribution in [3.05, 3.63) is 70.6 Å². The lowest BCUT2D eigenvalue weighted by Gasteiger charge is -2.29. The van der Waals surface area contributed by atoms with Crippen LogP contribution < -0.4 is 20.1 Å². The maximum absolute atomic E-state index is 13.4. The van der Waals surface area contributed by atoms with Gasteiger partial charge in [0.25, 0.3) is 11.8 Å². The Hall–Kier alpha value is -3.10. The zero-order chi connectivity index (χ0) is 24.1. The van der Waals surface area contributed by atoms with E-state index >= 15 is 0 Å². The minimum atomic E-state index is -0.856. The lowest BCUT2D eigenvalue weighted by Crippen LogP contribution is -2.42. The van der Waals surface area contributed by atoms with Crippen molar-refractivity contribution >= 4 is 23.4 Å². The Kier molecular flexibility index (Phi) is 7.94. The topological polar surface area (TPSA) is 96.9 Å². The predicted molar refractivity (Wildman–Crippen MR) is 122 cm³/mol. The van der Waals surface area contributed by atoms with Gasteiger partial charge >= 0.3 is 0 Å². The number of amides is 2. The van der Waals surface area contributed by atoms with Gasteiger partial charge in [0.15, 0.2) is 12.7 Å². The van der Waals surface area contributed by atoms with Gasteiger partial charge in [0.1, 0.15) is 17.3 Å². The number of carbonyl (C=O) groups is 2. The SMILES string of the molecule is C=C(CC(C)NC(=O)COc1ccc(Cl)c(F)c1)NC(=O)C1CC(O)c2cc(C)ccc2O1. The molecule has 0 aliphatic carbocycles. The molecular formula is C24H26ClFN2O5. The van der Waals surface area contributed by atoms with E-state index < -0.39 is 29.8 Å². The third-order valence-corrected chi connectivity index (χ3v) is 5.35. The normalized spacial score (nSPS) is 17.8. The molecule has 2 aromatic rings. The Morgan fingerprint density at radius 3 is 2.82 bits per heavy atom. The largest absolute Gasteiger partial charge is 0.484 e. The van der Waals surface area contributed by atoms with Crippen molar-refractivity contribution in [2.75, 3.05) is 6.61 Å². The van der Waals surface area contributed by atoms with Gasteiger partial charge in [-0.15, -0.1) is 0 Å². The number of halogens is 2. The Balaban J connectivity index is 1.44. The summed E-state index contributed by atoms with van der Waals surface area (Å²) in [5.74, 6) is -0.809. The highest BCUT2D eigenvalue weighted by molar-refractivity contribution is 6.30. The van der Waals surface area contributed by atoms with E-state index in [0.29, 0.717) is 17.0 Å². The first-order valence-electron chi connectivity index (χ1n) is 10.4. The van der Waals surface area contributed by atoms with E-state index in [2.05, 4.69) is 17.2 Å². The number of fused-ring (bicyclic) bond motifs is 1. The molecule has 33 heavy (non-hydrogen) atoms. The molecule has 0 fully saturated rings. The first-order valence-corrected chi connectivity index (χ1v) is 10.8. The number of nitrogens with one attached hydrogen (secondary N) is 2. The van der Waals surface area contributed by atoms with Crippen LogP contribution in [-0.2, 0) is 9.59 Å². The summed E-state index contributed by atoms with van der Waals surface area (Å²) in [6, 6.07) is 8.97. The average Bonchev–Trinajstić information content (AvgIpc) is 2.74. The molecule has 3 N–H and O–H groups in total. The number of hydrogen-bond acceptors (Lipinski definition) is 5. The highest BCUT2D eigenvalue weighted by atomic mass is 35.5. The van der Waals surface area contributed by atoms with Crippen LogP contribution in [0.25, 0.3) is 0 Å². The minimum absolute atomic E-state index is 0.0339. The molecule has 3 rings (SSSR count). The summed E-state index contributed by atoms with van der Waals surface area (Å²) in [7, 11) is 0. The molecule has 1 heterocycles. The second kappa shape index (κ2) is 10.7. The second-order valence-corrected chi connectivity index (χ2v) is 8.44. The second-order valence-electron chi connectivity index (χ2n) is 8.03. The molecule has 3 atom stereocenters. The van der Waals surface area contributed by atoms with Crippen molar-refractivity contribution in [2.45, 2.75) is 44.9 Å². The van der Waals surface area contributed by atoms with Gasteiger partial charge < -0.3 is 25.2 Å². The zero-order valence-corrected chi connectivity index (χ0v) is 19.1. The molecule has 0 saturated heterocycles. The van der Waals surface area contributed by atoms with Gasteiger partial charge in [-0.3, -0.25) is 9.59 Å². The van der Waals surface area contributed by atoms with E-state index in [1.54, 1.807) is 13.0 Å². The molecular weight excluding hydrogens is 451 g/mol. The molecule has 7 nitrogen and oxygen atoms in total. The monoisotopic (exact) mass is 476 g/mol. The van der Waals surface area contributed by atoms with E-state index in [1.165, 1.54) is 12.1 Å².